The van der Waals surface area contributed by atoms with Crippen LogP contribution < -0.4 is 10.6 Å². The van der Waals surface area contributed by atoms with Crippen LogP contribution in [0.2, 0.25) is 0 Å². The molecule has 0 spiro atoms. The number of unbranched alkanes of at least 4 members (excludes halogenated alkanes) is 1. The highest BCUT2D eigenvalue weighted by atomic mass is 79.9. The zero-order valence-corrected chi connectivity index (χ0v) is 23.5. The molecule has 0 fully saturated rings. The minimum atomic E-state index is -0.0767. The minimum absolute atomic E-state index is 0.0651. The predicted octanol–water partition coefficient (Wildman–Crippen LogP) is 5.55. The molecule has 0 saturated heterocycles. The summed E-state index contributed by atoms with van der Waals surface area (Å²) in [7, 11) is 0. The Kier molecular flexibility index (Phi) is 14.4. The number of aliphatic hydroxyl groups excluding tert-OH is 2. The van der Waals surface area contributed by atoms with E-state index in [-0.39, 0.29) is 24.8 Å². The molecule has 2 aromatic rings. The number of halogens is 2. The van der Waals surface area contributed by atoms with Crippen molar-refractivity contribution in [1.82, 2.24) is 10.6 Å². The van der Waals surface area contributed by atoms with Crippen molar-refractivity contribution in [3.8, 4) is 0 Å². The molecule has 0 aliphatic heterocycles. The van der Waals surface area contributed by atoms with Crippen molar-refractivity contribution >= 4 is 43.4 Å². The van der Waals surface area contributed by atoms with Gasteiger partial charge in [0, 0.05) is 69.9 Å². The summed E-state index contributed by atoms with van der Waals surface area (Å²) in [5.74, 6) is -0.153. The van der Waals surface area contributed by atoms with Gasteiger partial charge in [-0.25, -0.2) is 0 Å². The summed E-state index contributed by atoms with van der Waals surface area (Å²) in [6.45, 7) is 1.51. The third kappa shape index (κ3) is 11.6. The summed E-state index contributed by atoms with van der Waals surface area (Å²) in [6.07, 6.45) is 7.30. The lowest BCUT2D eigenvalue weighted by Crippen LogP contribution is -2.20. The quantitative estimate of drug-likeness (QED) is 0.105. The minimum Gasteiger partial charge on any atom is -0.396 e. The van der Waals surface area contributed by atoms with Crippen LogP contribution in [0, 0.1) is 0 Å². The fourth-order valence-electron chi connectivity index (χ4n) is 3.48. The van der Waals surface area contributed by atoms with Crippen LogP contribution in [0.3, 0.4) is 0 Å². The molecule has 0 bridgehead atoms. The van der Waals surface area contributed by atoms with Gasteiger partial charge in [-0.2, -0.15) is 0 Å². The molecular formula is C28H34Br2N2O4. The highest BCUT2D eigenvalue weighted by Gasteiger charge is 2.08. The monoisotopic (exact) mass is 620 g/mol. The number of nitrogens with one attached hydrogen (secondary N) is 2. The third-order valence-corrected chi connectivity index (χ3v) is 6.33. The molecule has 0 amide bonds. The first-order chi connectivity index (χ1) is 17.4. The van der Waals surface area contributed by atoms with Gasteiger partial charge in [-0.3, -0.25) is 9.59 Å². The number of carbonyl (C=O) groups excluding carboxylic acids is 2. The standard InChI is InChI=1S/C28H34Br2N2O4/c29-23-9-3-7-21(17-23)27(35)19-25(11-5-15-33)31-13-1-2-14-32-26(12-6-16-34)20-28(36)22-8-4-10-24(30)18-22/h3-4,7-10,17-20,31-34H,1-2,5-6,11-16H2/b25-19-,26-20-. The van der Waals surface area contributed by atoms with E-state index < -0.39 is 0 Å². The van der Waals surface area contributed by atoms with Crippen LogP contribution >= 0.6 is 31.9 Å². The van der Waals surface area contributed by atoms with E-state index >= 15 is 0 Å². The van der Waals surface area contributed by atoms with Gasteiger partial charge in [-0.1, -0.05) is 56.1 Å². The zero-order valence-electron chi connectivity index (χ0n) is 20.3. The van der Waals surface area contributed by atoms with Crippen LogP contribution in [0.15, 0.2) is 81.0 Å². The smallest absolute Gasteiger partial charge is 0.187 e. The van der Waals surface area contributed by atoms with E-state index in [0.29, 0.717) is 49.9 Å². The molecule has 0 radical (unpaired) electrons. The van der Waals surface area contributed by atoms with Crippen LogP contribution in [-0.2, 0) is 0 Å². The van der Waals surface area contributed by atoms with Crippen LogP contribution in [-0.4, -0.2) is 48.1 Å². The Labute approximate surface area is 230 Å². The topological polar surface area (TPSA) is 98.7 Å². The fourth-order valence-corrected chi connectivity index (χ4v) is 4.28. The molecule has 4 N–H and O–H groups in total. The van der Waals surface area contributed by atoms with E-state index in [0.717, 1.165) is 33.2 Å². The van der Waals surface area contributed by atoms with Crippen molar-refractivity contribution in [3.05, 3.63) is 92.1 Å². The number of hydrogen-bond donors (Lipinski definition) is 4. The maximum absolute atomic E-state index is 12.6. The molecule has 0 saturated carbocycles. The number of rotatable bonds is 17. The Morgan fingerprint density at radius 2 is 1.11 bits per heavy atom. The van der Waals surface area contributed by atoms with Crippen LogP contribution in [0.25, 0.3) is 0 Å². The molecule has 2 aromatic carbocycles. The van der Waals surface area contributed by atoms with Gasteiger partial charge < -0.3 is 20.8 Å². The molecule has 0 aromatic heterocycles. The molecule has 0 unspecified atom stereocenters. The molecular weight excluding hydrogens is 588 g/mol. The number of benzene rings is 2. The average Bonchev–Trinajstić information content (AvgIpc) is 2.87. The Bertz CT molecular complexity index is 970. The second kappa shape index (κ2) is 17.2. The van der Waals surface area contributed by atoms with E-state index in [1.165, 1.54) is 0 Å². The van der Waals surface area contributed by atoms with Crippen LogP contribution in [0.1, 0.15) is 59.2 Å². The Morgan fingerprint density at radius 3 is 1.47 bits per heavy atom. The van der Waals surface area contributed by atoms with Gasteiger partial charge in [0.05, 0.1) is 0 Å². The number of carbonyl (C=O) groups is 2. The summed E-state index contributed by atoms with van der Waals surface area (Å²) in [4.78, 5) is 25.2. The fraction of sp³-hybridized carbons (Fsp3) is 0.357. The maximum atomic E-state index is 12.6. The van der Waals surface area contributed by atoms with Crippen molar-refractivity contribution in [2.24, 2.45) is 0 Å². The van der Waals surface area contributed by atoms with Crippen molar-refractivity contribution in [2.75, 3.05) is 26.3 Å². The van der Waals surface area contributed by atoms with Gasteiger partial charge in [0.15, 0.2) is 11.6 Å². The van der Waals surface area contributed by atoms with Gasteiger partial charge in [-0.15, -0.1) is 0 Å². The summed E-state index contributed by atoms with van der Waals surface area (Å²) >= 11 is 6.78. The SMILES string of the molecule is O=C(/C=C(/CCCO)NCCCCN/C(=C\C(=O)c1cccc(Br)c1)CCCO)c1cccc(Br)c1. The molecule has 6 nitrogen and oxygen atoms in total. The molecule has 194 valence electrons. The second-order valence-corrected chi connectivity index (χ2v) is 10.1. The maximum Gasteiger partial charge on any atom is 0.187 e. The largest absolute Gasteiger partial charge is 0.396 e. The van der Waals surface area contributed by atoms with Crippen LogP contribution in [0.5, 0.6) is 0 Å². The summed E-state index contributed by atoms with van der Waals surface area (Å²) < 4.78 is 1.70. The first-order valence-corrected chi connectivity index (χ1v) is 13.7. The highest BCUT2D eigenvalue weighted by Crippen LogP contribution is 2.15. The highest BCUT2D eigenvalue weighted by molar-refractivity contribution is 9.10. The average molecular weight is 622 g/mol. The molecule has 0 heterocycles. The first kappa shape index (κ1) is 30.0. The van der Waals surface area contributed by atoms with Crippen molar-refractivity contribution < 1.29 is 19.8 Å². The normalized spacial score (nSPS) is 11.9. The van der Waals surface area contributed by atoms with Gasteiger partial charge in [0.1, 0.15) is 0 Å². The Hall–Kier alpha value is -2.26. The number of allylic oxidation sites excluding steroid dienone is 4. The second-order valence-electron chi connectivity index (χ2n) is 8.30. The van der Waals surface area contributed by atoms with Crippen molar-refractivity contribution in [3.63, 3.8) is 0 Å². The molecule has 0 aliphatic rings. The Balaban J connectivity index is 1.86. The van der Waals surface area contributed by atoms with Crippen LogP contribution in [0.4, 0.5) is 0 Å². The summed E-state index contributed by atoms with van der Waals surface area (Å²) in [5, 5.41) is 25.1. The van der Waals surface area contributed by atoms with Crippen molar-refractivity contribution in [2.45, 2.75) is 38.5 Å². The van der Waals surface area contributed by atoms with Gasteiger partial charge >= 0.3 is 0 Å². The third-order valence-electron chi connectivity index (χ3n) is 5.35. The lowest BCUT2D eigenvalue weighted by Gasteiger charge is -2.13. The summed E-state index contributed by atoms with van der Waals surface area (Å²) in [6, 6.07) is 14.5. The lowest BCUT2D eigenvalue weighted by molar-refractivity contribution is 0.103. The van der Waals surface area contributed by atoms with Gasteiger partial charge in [-0.05, 0) is 62.8 Å². The predicted molar refractivity (Wildman–Crippen MR) is 151 cm³/mol. The number of ketones is 2. The number of aliphatic hydroxyl groups is 2. The Morgan fingerprint density at radius 1 is 0.694 bits per heavy atom. The molecule has 8 heteroatoms. The summed E-state index contributed by atoms with van der Waals surface area (Å²) in [5.41, 5.74) is 2.84. The molecule has 0 aliphatic carbocycles. The van der Waals surface area contributed by atoms with E-state index in [4.69, 9.17) is 0 Å². The van der Waals surface area contributed by atoms with Crippen molar-refractivity contribution in [1.29, 1.82) is 0 Å². The molecule has 36 heavy (non-hydrogen) atoms. The lowest BCUT2D eigenvalue weighted by atomic mass is 10.1. The molecule has 0 atom stereocenters. The van der Waals surface area contributed by atoms with E-state index in [1.54, 1.807) is 36.4 Å². The van der Waals surface area contributed by atoms with Gasteiger partial charge in [0.25, 0.3) is 0 Å². The van der Waals surface area contributed by atoms with Gasteiger partial charge in [0.2, 0.25) is 0 Å². The van der Waals surface area contributed by atoms with E-state index in [1.807, 2.05) is 24.3 Å². The molecule has 2 rings (SSSR count). The van der Waals surface area contributed by atoms with E-state index in [9.17, 15) is 19.8 Å². The zero-order chi connectivity index (χ0) is 26.2. The number of hydrogen-bond acceptors (Lipinski definition) is 6. The van der Waals surface area contributed by atoms with E-state index in [2.05, 4.69) is 42.5 Å². The first-order valence-electron chi connectivity index (χ1n) is 12.1.